The van der Waals surface area contributed by atoms with Gasteiger partial charge in [0.2, 0.25) is 11.8 Å². The Labute approximate surface area is 126 Å². The number of aliphatic hydroxyl groups excluding tert-OH is 1. The van der Waals surface area contributed by atoms with E-state index in [1.54, 1.807) is 0 Å². The third-order valence-electron chi connectivity index (χ3n) is 2.74. The zero-order valence-electron chi connectivity index (χ0n) is 12.3. The Balaban J connectivity index is 4.87. The van der Waals surface area contributed by atoms with Gasteiger partial charge in [-0.2, -0.15) is 0 Å². The second-order valence-corrected chi connectivity index (χ2v) is 4.85. The van der Waals surface area contributed by atoms with Crippen molar-refractivity contribution in [2.75, 3.05) is 0 Å². The summed E-state index contributed by atoms with van der Waals surface area (Å²) in [7, 11) is 0. The highest BCUT2D eigenvalue weighted by molar-refractivity contribution is 5.92. The average molecular weight is 319 g/mol. The van der Waals surface area contributed by atoms with Gasteiger partial charge in [-0.25, -0.2) is 4.79 Å². The molecule has 0 aromatic heterocycles. The molecule has 0 spiro atoms. The second-order valence-electron chi connectivity index (χ2n) is 4.85. The Bertz CT molecular complexity index is 436. The largest absolute Gasteiger partial charge is 0.481 e. The summed E-state index contributed by atoms with van der Waals surface area (Å²) in [6, 6.07) is -3.77. The van der Waals surface area contributed by atoms with Crippen molar-refractivity contribution in [2.24, 2.45) is 5.73 Å². The fourth-order valence-electron chi connectivity index (χ4n) is 1.48. The number of rotatable bonds is 9. The summed E-state index contributed by atoms with van der Waals surface area (Å²) >= 11 is 0. The molecule has 2 amide bonds. The predicted octanol–water partition coefficient (Wildman–Crippen LogP) is -2.37. The summed E-state index contributed by atoms with van der Waals surface area (Å²) in [6.07, 6.45) is -2.08. The van der Waals surface area contributed by atoms with E-state index in [1.807, 2.05) is 0 Å². The van der Waals surface area contributed by atoms with Crippen LogP contribution in [0.4, 0.5) is 0 Å². The first-order valence-corrected chi connectivity index (χ1v) is 6.55. The molecular formula is C12H21N3O7. The number of carboxylic acids is 2. The molecule has 0 saturated heterocycles. The number of amides is 2. The molecule has 0 aromatic carbocycles. The van der Waals surface area contributed by atoms with Crippen LogP contribution in [-0.2, 0) is 19.2 Å². The van der Waals surface area contributed by atoms with Gasteiger partial charge in [0.25, 0.3) is 0 Å². The Morgan fingerprint density at radius 2 is 1.59 bits per heavy atom. The smallest absolute Gasteiger partial charge is 0.326 e. The standard InChI is InChI=1S/C12H21N3O7/c1-5(13)10(19)15-9(6(2)16)11(20)14-7(12(21)22)3-4-8(17)18/h5-7,9,16H,3-4,13H2,1-2H3,(H,14,20)(H,15,19)(H,17,18)(H,21,22). The molecule has 0 rings (SSSR count). The van der Waals surface area contributed by atoms with Crippen LogP contribution in [0.1, 0.15) is 26.7 Å². The molecule has 10 heteroatoms. The summed E-state index contributed by atoms with van der Waals surface area (Å²) in [5.74, 6) is -4.27. The summed E-state index contributed by atoms with van der Waals surface area (Å²) in [4.78, 5) is 44.9. The van der Waals surface area contributed by atoms with Crippen molar-refractivity contribution in [2.45, 2.75) is 50.9 Å². The molecule has 0 aromatic rings. The molecule has 10 nitrogen and oxygen atoms in total. The maximum atomic E-state index is 12.0. The first-order valence-electron chi connectivity index (χ1n) is 6.55. The maximum absolute atomic E-state index is 12.0. The molecule has 0 aliphatic rings. The van der Waals surface area contributed by atoms with Crippen molar-refractivity contribution in [1.82, 2.24) is 10.6 Å². The number of hydrogen-bond acceptors (Lipinski definition) is 6. The number of aliphatic hydroxyl groups is 1. The number of carboxylic acid groups (broad SMARTS) is 2. The van der Waals surface area contributed by atoms with Crippen LogP contribution >= 0.6 is 0 Å². The number of carbonyl (C=O) groups excluding carboxylic acids is 2. The van der Waals surface area contributed by atoms with Gasteiger partial charge in [-0.3, -0.25) is 14.4 Å². The van der Waals surface area contributed by atoms with Crippen LogP contribution in [-0.4, -0.2) is 63.3 Å². The maximum Gasteiger partial charge on any atom is 0.326 e. The number of carbonyl (C=O) groups is 4. The van der Waals surface area contributed by atoms with Gasteiger partial charge in [-0.05, 0) is 20.3 Å². The molecular weight excluding hydrogens is 298 g/mol. The monoisotopic (exact) mass is 319 g/mol. The van der Waals surface area contributed by atoms with Crippen LogP contribution in [0.3, 0.4) is 0 Å². The zero-order chi connectivity index (χ0) is 17.4. The van der Waals surface area contributed by atoms with Gasteiger partial charge in [0.1, 0.15) is 12.1 Å². The fraction of sp³-hybridized carbons (Fsp3) is 0.667. The minimum atomic E-state index is -1.45. The highest BCUT2D eigenvalue weighted by atomic mass is 16.4. The zero-order valence-corrected chi connectivity index (χ0v) is 12.3. The first-order chi connectivity index (χ1) is 10.1. The summed E-state index contributed by atoms with van der Waals surface area (Å²) < 4.78 is 0. The van der Waals surface area contributed by atoms with Crippen LogP contribution in [0.25, 0.3) is 0 Å². The minimum Gasteiger partial charge on any atom is -0.481 e. The lowest BCUT2D eigenvalue weighted by atomic mass is 10.1. The van der Waals surface area contributed by atoms with Crippen molar-refractivity contribution in [3.63, 3.8) is 0 Å². The molecule has 0 bridgehead atoms. The van der Waals surface area contributed by atoms with Gasteiger partial charge in [0.15, 0.2) is 0 Å². The van der Waals surface area contributed by atoms with E-state index >= 15 is 0 Å². The lowest BCUT2D eigenvalue weighted by Crippen LogP contribution is -2.57. The highest BCUT2D eigenvalue weighted by Gasteiger charge is 2.30. The van der Waals surface area contributed by atoms with Crippen molar-refractivity contribution in [3.8, 4) is 0 Å². The van der Waals surface area contributed by atoms with Gasteiger partial charge in [-0.1, -0.05) is 0 Å². The van der Waals surface area contributed by atoms with Gasteiger partial charge in [-0.15, -0.1) is 0 Å². The number of nitrogens with one attached hydrogen (secondary N) is 2. The van der Waals surface area contributed by atoms with Crippen molar-refractivity contribution in [3.05, 3.63) is 0 Å². The van der Waals surface area contributed by atoms with Gasteiger partial charge >= 0.3 is 11.9 Å². The van der Waals surface area contributed by atoms with Crippen LogP contribution in [0.5, 0.6) is 0 Å². The summed E-state index contributed by atoms with van der Waals surface area (Å²) in [5, 5.41) is 31.3. The molecule has 0 radical (unpaired) electrons. The third kappa shape index (κ3) is 6.99. The van der Waals surface area contributed by atoms with E-state index in [4.69, 9.17) is 15.9 Å². The van der Waals surface area contributed by atoms with Crippen molar-refractivity contribution in [1.29, 1.82) is 0 Å². The van der Waals surface area contributed by atoms with Crippen LogP contribution in [0.2, 0.25) is 0 Å². The molecule has 22 heavy (non-hydrogen) atoms. The second kappa shape index (κ2) is 8.95. The van der Waals surface area contributed by atoms with Crippen LogP contribution in [0, 0.1) is 0 Å². The third-order valence-corrected chi connectivity index (χ3v) is 2.74. The van der Waals surface area contributed by atoms with Crippen molar-refractivity contribution < 1.29 is 34.5 Å². The summed E-state index contributed by atoms with van der Waals surface area (Å²) in [5.41, 5.74) is 5.33. The van der Waals surface area contributed by atoms with E-state index in [0.29, 0.717) is 0 Å². The SMILES string of the molecule is CC(N)C(=O)NC(C(=O)NC(CCC(=O)O)C(=O)O)C(C)O. The van der Waals surface area contributed by atoms with Gasteiger partial charge < -0.3 is 31.7 Å². The average Bonchev–Trinajstić information content (AvgIpc) is 2.38. The van der Waals surface area contributed by atoms with E-state index in [0.717, 1.165) is 0 Å². The molecule has 0 aliphatic heterocycles. The van der Waals surface area contributed by atoms with E-state index < -0.39 is 54.4 Å². The molecule has 0 fully saturated rings. The molecule has 4 atom stereocenters. The fourth-order valence-corrected chi connectivity index (χ4v) is 1.48. The topological polar surface area (TPSA) is 179 Å². The number of hydrogen-bond donors (Lipinski definition) is 6. The van der Waals surface area contributed by atoms with Crippen LogP contribution in [0.15, 0.2) is 0 Å². The molecule has 0 aliphatic carbocycles. The Hall–Kier alpha value is -2.20. The summed E-state index contributed by atoms with van der Waals surface area (Å²) in [6.45, 7) is 2.61. The highest BCUT2D eigenvalue weighted by Crippen LogP contribution is 2.01. The van der Waals surface area contributed by atoms with E-state index in [2.05, 4.69) is 10.6 Å². The van der Waals surface area contributed by atoms with E-state index in [9.17, 15) is 24.3 Å². The van der Waals surface area contributed by atoms with E-state index in [1.165, 1.54) is 13.8 Å². The molecule has 7 N–H and O–H groups in total. The molecule has 4 unspecified atom stereocenters. The van der Waals surface area contributed by atoms with Crippen LogP contribution < -0.4 is 16.4 Å². The normalized spacial score (nSPS) is 16.0. The Morgan fingerprint density at radius 1 is 1.05 bits per heavy atom. The predicted molar refractivity (Wildman–Crippen MR) is 73.7 cm³/mol. The van der Waals surface area contributed by atoms with Gasteiger partial charge in [0, 0.05) is 6.42 Å². The molecule has 0 saturated carbocycles. The number of nitrogens with two attached hydrogens (primary N) is 1. The Morgan fingerprint density at radius 3 is 1.95 bits per heavy atom. The number of aliphatic carboxylic acids is 2. The quantitative estimate of drug-likeness (QED) is 0.273. The first kappa shape index (κ1) is 19.8. The van der Waals surface area contributed by atoms with Gasteiger partial charge in [0.05, 0.1) is 12.1 Å². The lowest BCUT2D eigenvalue weighted by Gasteiger charge is -2.23. The van der Waals surface area contributed by atoms with Crippen molar-refractivity contribution >= 4 is 23.8 Å². The Kier molecular flexibility index (Phi) is 8.05. The molecule has 126 valence electrons. The minimum absolute atomic E-state index is 0.329. The molecule has 0 heterocycles. The lowest BCUT2D eigenvalue weighted by molar-refractivity contribution is -0.144. The van der Waals surface area contributed by atoms with E-state index in [-0.39, 0.29) is 6.42 Å².